The van der Waals surface area contributed by atoms with Crippen molar-refractivity contribution in [3.63, 3.8) is 0 Å². The van der Waals surface area contributed by atoms with Crippen molar-refractivity contribution in [1.82, 2.24) is 30.3 Å². The van der Waals surface area contributed by atoms with Gasteiger partial charge in [-0.25, -0.2) is 4.98 Å². The zero-order valence-electron chi connectivity index (χ0n) is 11.4. The standard InChI is InChI=1S/C12H19ClN6/c1-4-8-11(13)10(19(5-2)18-8)6-9(14-3)12-15-7-16-17-12/h7,9,14H,4-6H2,1-3H3,(H,15,16,17). The molecule has 0 spiro atoms. The van der Waals surface area contributed by atoms with Crippen molar-refractivity contribution in [2.75, 3.05) is 7.05 Å². The van der Waals surface area contributed by atoms with Crippen molar-refractivity contribution in [2.24, 2.45) is 0 Å². The van der Waals surface area contributed by atoms with Gasteiger partial charge in [-0.3, -0.25) is 9.78 Å². The molecule has 2 heterocycles. The van der Waals surface area contributed by atoms with E-state index in [1.807, 2.05) is 11.7 Å². The smallest absolute Gasteiger partial charge is 0.141 e. The Hall–Kier alpha value is -1.40. The van der Waals surface area contributed by atoms with Crippen molar-refractivity contribution in [2.45, 2.75) is 39.3 Å². The lowest BCUT2D eigenvalue weighted by Gasteiger charge is -2.14. The molecule has 0 saturated heterocycles. The fraction of sp³-hybridized carbons (Fsp3) is 0.583. The Morgan fingerprint density at radius 3 is 2.79 bits per heavy atom. The molecule has 0 radical (unpaired) electrons. The van der Waals surface area contributed by atoms with Crippen LogP contribution < -0.4 is 5.32 Å². The molecule has 0 bridgehead atoms. The van der Waals surface area contributed by atoms with Crippen LogP contribution in [0, 0.1) is 0 Å². The summed E-state index contributed by atoms with van der Waals surface area (Å²) in [7, 11) is 1.90. The van der Waals surface area contributed by atoms with Gasteiger partial charge in [-0.1, -0.05) is 18.5 Å². The van der Waals surface area contributed by atoms with Gasteiger partial charge in [0, 0.05) is 13.0 Å². The summed E-state index contributed by atoms with van der Waals surface area (Å²) in [6.45, 7) is 4.93. The second kappa shape index (κ2) is 6.16. The van der Waals surface area contributed by atoms with Gasteiger partial charge in [-0.2, -0.15) is 10.2 Å². The van der Waals surface area contributed by atoms with Crippen LogP contribution in [0.5, 0.6) is 0 Å². The highest BCUT2D eigenvalue weighted by Crippen LogP contribution is 2.25. The molecule has 0 fully saturated rings. The SMILES string of the molecule is CCc1nn(CC)c(CC(NC)c2ncn[nH]2)c1Cl. The maximum Gasteiger partial charge on any atom is 0.141 e. The topological polar surface area (TPSA) is 71.4 Å². The number of aromatic nitrogens is 5. The van der Waals surface area contributed by atoms with Crippen molar-refractivity contribution < 1.29 is 0 Å². The third-order valence-corrected chi connectivity index (χ3v) is 3.64. The first-order chi connectivity index (χ1) is 9.21. The van der Waals surface area contributed by atoms with Gasteiger partial charge in [-0.05, 0) is 20.4 Å². The van der Waals surface area contributed by atoms with Crippen molar-refractivity contribution >= 4 is 11.6 Å². The zero-order chi connectivity index (χ0) is 13.8. The van der Waals surface area contributed by atoms with Crippen LogP contribution in [0.3, 0.4) is 0 Å². The van der Waals surface area contributed by atoms with E-state index in [4.69, 9.17) is 11.6 Å². The molecule has 7 heteroatoms. The van der Waals surface area contributed by atoms with Crippen LogP contribution in [0.15, 0.2) is 6.33 Å². The predicted octanol–water partition coefficient (Wildman–Crippen LogP) is 1.74. The van der Waals surface area contributed by atoms with E-state index in [1.165, 1.54) is 6.33 Å². The van der Waals surface area contributed by atoms with Gasteiger partial charge in [0.2, 0.25) is 0 Å². The highest BCUT2D eigenvalue weighted by Gasteiger charge is 2.20. The number of nitrogens with zero attached hydrogens (tertiary/aromatic N) is 4. The second-order valence-electron chi connectivity index (χ2n) is 4.29. The molecule has 2 aromatic heterocycles. The summed E-state index contributed by atoms with van der Waals surface area (Å²) in [5.74, 6) is 0.806. The molecule has 1 atom stereocenters. The van der Waals surface area contributed by atoms with E-state index in [2.05, 4.69) is 39.4 Å². The number of aromatic amines is 1. The third-order valence-electron chi connectivity index (χ3n) is 3.20. The lowest BCUT2D eigenvalue weighted by atomic mass is 10.1. The Balaban J connectivity index is 2.29. The molecule has 2 aromatic rings. The van der Waals surface area contributed by atoms with Crippen molar-refractivity contribution in [3.8, 4) is 0 Å². The second-order valence-corrected chi connectivity index (χ2v) is 4.67. The molecule has 0 aliphatic rings. The van der Waals surface area contributed by atoms with Crippen LogP contribution in [0.25, 0.3) is 0 Å². The Morgan fingerprint density at radius 1 is 1.47 bits per heavy atom. The quantitative estimate of drug-likeness (QED) is 0.847. The number of likely N-dealkylation sites (N-methyl/N-ethyl adjacent to an activating group) is 1. The van der Waals surface area contributed by atoms with E-state index in [-0.39, 0.29) is 6.04 Å². The van der Waals surface area contributed by atoms with Gasteiger partial charge in [0.05, 0.1) is 22.5 Å². The average molecular weight is 283 g/mol. The third kappa shape index (κ3) is 2.79. The summed E-state index contributed by atoms with van der Waals surface area (Å²) in [5.41, 5.74) is 1.99. The highest BCUT2D eigenvalue weighted by molar-refractivity contribution is 6.31. The van der Waals surface area contributed by atoms with E-state index in [0.29, 0.717) is 0 Å². The molecule has 19 heavy (non-hydrogen) atoms. The van der Waals surface area contributed by atoms with Crippen molar-refractivity contribution in [1.29, 1.82) is 0 Å². The van der Waals surface area contributed by atoms with Crippen LogP contribution in [0.1, 0.15) is 37.1 Å². The summed E-state index contributed by atoms with van der Waals surface area (Å²) < 4.78 is 1.96. The largest absolute Gasteiger partial charge is 0.310 e. The minimum Gasteiger partial charge on any atom is -0.310 e. The summed E-state index contributed by atoms with van der Waals surface area (Å²) in [5, 5.41) is 15.3. The first-order valence-electron chi connectivity index (χ1n) is 6.47. The van der Waals surface area contributed by atoms with Crippen LogP contribution in [0.4, 0.5) is 0 Å². The first kappa shape index (κ1) is 14.0. The Morgan fingerprint density at radius 2 is 2.26 bits per heavy atom. The number of H-pyrrole nitrogens is 1. The lowest BCUT2D eigenvalue weighted by molar-refractivity contribution is 0.521. The molecule has 2 N–H and O–H groups in total. The number of halogens is 1. The van der Waals surface area contributed by atoms with Crippen LogP contribution >= 0.6 is 11.6 Å². The highest BCUT2D eigenvalue weighted by atomic mass is 35.5. The molecule has 0 aliphatic carbocycles. The van der Waals surface area contributed by atoms with Gasteiger partial charge in [-0.15, -0.1) is 0 Å². The summed E-state index contributed by atoms with van der Waals surface area (Å²) in [6, 6.07) is 0.0479. The van der Waals surface area contributed by atoms with Gasteiger partial charge in [0.15, 0.2) is 0 Å². The number of hydrogen-bond acceptors (Lipinski definition) is 4. The number of aryl methyl sites for hydroxylation is 2. The van der Waals surface area contributed by atoms with Crippen LogP contribution in [0.2, 0.25) is 5.02 Å². The molecule has 104 valence electrons. The van der Waals surface area contributed by atoms with Crippen LogP contribution in [-0.4, -0.2) is 32.0 Å². The van der Waals surface area contributed by atoms with Crippen LogP contribution in [-0.2, 0) is 19.4 Å². The molecular weight excluding hydrogens is 264 g/mol. The van der Waals surface area contributed by atoms with Gasteiger partial charge < -0.3 is 5.32 Å². The Kier molecular flexibility index (Phi) is 4.55. The van der Waals surface area contributed by atoms with E-state index in [9.17, 15) is 0 Å². The maximum atomic E-state index is 6.41. The minimum absolute atomic E-state index is 0.0479. The maximum absolute atomic E-state index is 6.41. The molecular formula is C12H19ClN6. The average Bonchev–Trinajstić information content (AvgIpc) is 3.04. The van der Waals surface area contributed by atoms with E-state index in [0.717, 1.165) is 41.6 Å². The predicted molar refractivity (Wildman–Crippen MR) is 74.2 cm³/mol. The molecule has 6 nitrogen and oxygen atoms in total. The van der Waals surface area contributed by atoms with E-state index in [1.54, 1.807) is 0 Å². The molecule has 0 amide bonds. The first-order valence-corrected chi connectivity index (χ1v) is 6.85. The number of rotatable bonds is 6. The Labute approximate surface area is 117 Å². The summed E-state index contributed by atoms with van der Waals surface area (Å²) in [4.78, 5) is 4.19. The normalized spacial score (nSPS) is 12.8. The van der Waals surface area contributed by atoms with E-state index >= 15 is 0 Å². The van der Waals surface area contributed by atoms with Gasteiger partial charge >= 0.3 is 0 Å². The van der Waals surface area contributed by atoms with Gasteiger partial charge in [0.1, 0.15) is 12.2 Å². The Bertz CT molecular complexity index is 519. The van der Waals surface area contributed by atoms with Crippen molar-refractivity contribution in [3.05, 3.63) is 28.6 Å². The fourth-order valence-electron chi connectivity index (χ4n) is 2.12. The number of hydrogen-bond donors (Lipinski definition) is 2. The van der Waals surface area contributed by atoms with Gasteiger partial charge in [0.25, 0.3) is 0 Å². The molecule has 0 aliphatic heterocycles. The lowest BCUT2D eigenvalue weighted by Crippen LogP contribution is -2.22. The summed E-state index contributed by atoms with van der Waals surface area (Å²) in [6.07, 6.45) is 3.08. The molecule has 1 unspecified atom stereocenters. The zero-order valence-corrected chi connectivity index (χ0v) is 12.2. The molecule has 0 aromatic carbocycles. The van der Waals surface area contributed by atoms with E-state index < -0.39 is 0 Å². The minimum atomic E-state index is 0.0479. The monoisotopic (exact) mass is 282 g/mol. The number of nitrogens with one attached hydrogen (secondary N) is 2. The molecule has 2 rings (SSSR count). The molecule has 0 saturated carbocycles. The fourth-order valence-corrected chi connectivity index (χ4v) is 2.47. The summed E-state index contributed by atoms with van der Waals surface area (Å²) >= 11 is 6.41.